The highest BCUT2D eigenvalue weighted by atomic mass is 32.2. The van der Waals surface area contributed by atoms with Crippen LogP contribution in [0.1, 0.15) is 20.0 Å². The highest BCUT2D eigenvalue weighted by Crippen LogP contribution is 2.30. The van der Waals surface area contributed by atoms with E-state index >= 15 is 0 Å². The lowest BCUT2D eigenvalue weighted by atomic mass is 10.2. The predicted octanol–water partition coefficient (Wildman–Crippen LogP) is 3.55. The molecule has 1 amide bonds. The number of rotatable bonds is 5. The van der Waals surface area contributed by atoms with E-state index in [1.54, 1.807) is 23.1 Å². The molecule has 1 aliphatic rings. The standard InChI is InChI=1S/C21H19FN2O5S3/c1-29-21(26)15-12-19(30-13-15)32(27,28)24-10-8-23(9-11-24)20(25)18-7-6-17(31-18)14-2-4-16(22)5-3-14/h2-7,12-13H,8-11H2,1H3. The summed E-state index contributed by atoms with van der Waals surface area (Å²) in [6.45, 7) is 0.847. The molecule has 11 heteroatoms. The van der Waals surface area contributed by atoms with Crippen LogP contribution in [0.5, 0.6) is 0 Å². The highest BCUT2D eigenvalue weighted by Gasteiger charge is 2.32. The van der Waals surface area contributed by atoms with Crippen LogP contribution in [0.4, 0.5) is 4.39 Å². The van der Waals surface area contributed by atoms with E-state index in [1.807, 2.05) is 6.07 Å². The summed E-state index contributed by atoms with van der Waals surface area (Å²) in [5.41, 5.74) is 1.02. The van der Waals surface area contributed by atoms with E-state index in [1.165, 1.54) is 46.3 Å². The fourth-order valence-corrected chi connectivity index (χ4v) is 7.02. The van der Waals surface area contributed by atoms with Gasteiger partial charge in [0.05, 0.1) is 17.6 Å². The summed E-state index contributed by atoms with van der Waals surface area (Å²) < 4.78 is 44.9. The van der Waals surface area contributed by atoms with Gasteiger partial charge in [-0.25, -0.2) is 17.6 Å². The second kappa shape index (κ2) is 9.10. The lowest BCUT2D eigenvalue weighted by molar-refractivity contribution is 0.0600. The number of hydrogen-bond acceptors (Lipinski definition) is 7. The minimum absolute atomic E-state index is 0.0693. The largest absolute Gasteiger partial charge is 0.465 e. The normalized spacial score (nSPS) is 15.0. The number of amides is 1. The number of ether oxygens (including phenoxy) is 1. The first-order valence-electron chi connectivity index (χ1n) is 9.61. The van der Waals surface area contributed by atoms with Gasteiger partial charge < -0.3 is 9.64 Å². The molecule has 0 radical (unpaired) electrons. The number of methoxy groups -OCH3 is 1. The molecule has 1 aliphatic heterocycles. The molecule has 0 unspecified atom stereocenters. The number of nitrogens with zero attached hydrogens (tertiary/aromatic N) is 2. The number of piperazine rings is 1. The first kappa shape index (κ1) is 22.6. The maximum absolute atomic E-state index is 13.1. The number of sulfonamides is 1. The molecule has 32 heavy (non-hydrogen) atoms. The van der Waals surface area contributed by atoms with Crippen LogP contribution in [0.15, 0.2) is 52.1 Å². The molecular formula is C21H19FN2O5S3. The number of hydrogen-bond donors (Lipinski definition) is 0. The second-order valence-electron chi connectivity index (χ2n) is 7.01. The molecule has 1 aromatic carbocycles. The Kier molecular flexibility index (Phi) is 6.42. The first-order chi connectivity index (χ1) is 15.3. The molecule has 3 aromatic rings. The second-order valence-corrected chi connectivity index (χ2v) is 11.2. The minimum atomic E-state index is -3.75. The van der Waals surface area contributed by atoms with Crippen molar-refractivity contribution in [3.8, 4) is 10.4 Å². The van der Waals surface area contributed by atoms with Gasteiger partial charge in [-0.15, -0.1) is 22.7 Å². The van der Waals surface area contributed by atoms with E-state index in [0.29, 0.717) is 4.88 Å². The van der Waals surface area contributed by atoms with Crippen LogP contribution in [0.2, 0.25) is 0 Å². The summed E-state index contributed by atoms with van der Waals surface area (Å²) in [5, 5.41) is 1.45. The maximum Gasteiger partial charge on any atom is 0.338 e. The van der Waals surface area contributed by atoms with Crippen molar-refractivity contribution in [3.05, 3.63) is 64.1 Å². The van der Waals surface area contributed by atoms with Gasteiger partial charge in [0.1, 0.15) is 10.0 Å². The van der Waals surface area contributed by atoms with Crippen LogP contribution in [-0.2, 0) is 14.8 Å². The van der Waals surface area contributed by atoms with Gasteiger partial charge >= 0.3 is 5.97 Å². The molecule has 0 N–H and O–H groups in total. The smallest absolute Gasteiger partial charge is 0.338 e. The van der Waals surface area contributed by atoms with E-state index in [-0.39, 0.29) is 47.7 Å². The fourth-order valence-electron chi connectivity index (χ4n) is 3.31. The van der Waals surface area contributed by atoms with E-state index in [4.69, 9.17) is 0 Å². The third-order valence-electron chi connectivity index (χ3n) is 5.06. The van der Waals surface area contributed by atoms with Gasteiger partial charge in [0.15, 0.2) is 0 Å². The Morgan fingerprint density at radius 3 is 2.38 bits per heavy atom. The van der Waals surface area contributed by atoms with E-state index < -0.39 is 16.0 Å². The minimum Gasteiger partial charge on any atom is -0.465 e. The van der Waals surface area contributed by atoms with Crippen molar-refractivity contribution in [2.24, 2.45) is 0 Å². The Balaban J connectivity index is 1.41. The fraction of sp³-hybridized carbons (Fsp3) is 0.238. The molecule has 1 saturated heterocycles. The molecule has 168 valence electrons. The number of carbonyl (C=O) groups is 2. The van der Waals surface area contributed by atoms with Gasteiger partial charge in [-0.2, -0.15) is 4.31 Å². The third kappa shape index (κ3) is 4.46. The zero-order chi connectivity index (χ0) is 22.9. The van der Waals surface area contributed by atoms with Crippen molar-refractivity contribution in [2.45, 2.75) is 4.21 Å². The molecule has 0 aliphatic carbocycles. The predicted molar refractivity (Wildman–Crippen MR) is 120 cm³/mol. The van der Waals surface area contributed by atoms with Crippen molar-refractivity contribution < 1.29 is 27.1 Å². The lowest BCUT2D eigenvalue weighted by Gasteiger charge is -2.33. The van der Waals surface area contributed by atoms with Gasteiger partial charge in [-0.1, -0.05) is 12.1 Å². The van der Waals surface area contributed by atoms with Gasteiger partial charge in [0.25, 0.3) is 15.9 Å². The number of carbonyl (C=O) groups excluding carboxylic acids is 2. The van der Waals surface area contributed by atoms with Crippen LogP contribution >= 0.6 is 22.7 Å². The van der Waals surface area contributed by atoms with E-state index in [0.717, 1.165) is 21.8 Å². The Hall–Kier alpha value is -2.60. The average Bonchev–Trinajstić information content (AvgIpc) is 3.49. The Morgan fingerprint density at radius 2 is 1.72 bits per heavy atom. The molecule has 7 nitrogen and oxygen atoms in total. The van der Waals surface area contributed by atoms with Crippen LogP contribution in [0.3, 0.4) is 0 Å². The van der Waals surface area contributed by atoms with Crippen molar-refractivity contribution in [2.75, 3.05) is 33.3 Å². The maximum atomic E-state index is 13.1. The van der Waals surface area contributed by atoms with Gasteiger partial charge in [0.2, 0.25) is 0 Å². The monoisotopic (exact) mass is 494 g/mol. The van der Waals surface area contributed by atoms with Gasteiger partial charge in [-0.05, 0) is 35.9 Å². The first-order valence-corrected chi connectivity index (χ1v) is 12.8. The summed E-state index contributed by atoms with van der Waals surface area (Å²) >= 11 is 2.28. The van der Waals surface area contributed by atoms with E-state index in [2.05, 4.69) is 4.74 Å². The van der Waals surface area contributed by atoms with Crippen LogP contribution in [0, 0.1) is 5.82 Å². The lowest BCUT2D eigenvalue weighted by Crippen LogP contribution is -2.50. The Morgan fingerprint density at radius 1 is 1.03 bits per heavy atom. The van der Waals surface area contributed by atoms with Crippen molar-refractivity contribution in [1.29, 1.82) is 0 Å². The van der Waals surface area contributed by atoms with Crippen LogP contribution < -0.4 is 0 Å². The summed E-state index contributed by atoms with van der Waals surface area (Å²) in [4.78, 5) is 27.5. The Labute approximate surface area is 192 Å². The quantitative estimate of drug-likeness (QED) is 0.507. The Bertz CT molecular complexity index is 1240. The highest BCUT2D eigenvalue weighted by molar-refractivity contribution is 7.91. The van der Waals surface area contributed by atoms with Crippen LogP contribution in [0.25, 0.3) is 10.4 Å². The van der Waals surface area contributed by atoms with E-state index in [9.17, 15) is 22.4 Å². The molecule has 0 spiro atoms. The average molecular weight is 495 g/mol. The molecule has 1 fully saturated rings. The van der Waals surface area contributed by atoms with Crippen molar-refractivity contribution in [1.82, 2.24) is 9.21 Å². The molecule has 4 rings (SSSR count). The topological polar surface area (TPSA) is 84.0 Å². The van der Waals surface area contributed by atoms with Gasteiger partial charge in [-0.3, -0.25) is 4.79 Å². The molecule has 0 saturated carbocycles. The third-order valence-corrected chi connectivity index (χ3v) is 9.50. The molecular weight excluding hydrogens is 475 g/mol. The molecule has 0 bridgehead atoms. The van der Waals surface area contributed by atoms with Crippen LogP contribution in [-0.4, -0.2) is 62.8 Å². The summed E-state index contributed by atoms with van der Waals surface area (Å²) in [6.07, 6.45) is 0. The van der Waals surface area contributed by atoms with Crippen molar-refractivity contribution in [3.63, 3.8) is 0 Å². The summed E-state index contributed by atoms with van der Waals surface area (Å²) in [5.74, 6) is -1.07. The summed E-state index contributed by atoms with van der Waals surface area (Å²) in [7, 11) is -2.52. The molecule has 2 aromatic heterocycles. The summed E-state index contributed by atoms with van der Waals surface area (Å²) in [6, 6.07) is 10.9. The number of benzene rings is 1. The molecule has 3 heterocycles. The van der Waals surface area contributed by atoms with Crippen molar-refractivity contribution >= 4 is 44.6 Å². The zero-order valence-electron chi connectivity index (χ0n) is 17.0. The molecule has 0 atom stereocenters. The SMILES string of the molecule is COC(=O)c1csc(S(=O)(=O)N2CCN(C(=O)c3ccc(-c4ccc(F)cc4)s3)CC2)c1. The number of esters is 1. The number of halogens is 1. The zero-order valence-corrected chi connectivity index (χ0v) is 19.4. The number of thiophene rings is 2. The van der Waals surface area contributed by atoms with Gasteiger partial charge in [0, 0.05) is 36.4 Å².